The van der Waals surface area contributed by atoms with Crippen molar-refractivity contribution in [1.82, 2.24) is 15.0 Å². The van der Waals surface area contributed by atoms with E-state index >= 15 is 0 Å². The number of benzene rings is 7. The summed E-state index contributed by atoms with van der Waals surface area (Å²) in [4.78, 5) is 13.6. The van der Waals surface area contributed by atoms with Crippen molar-refractivity contribution < 1.29 is 24.2 Å². The molecule has 4 nitrogen and oxygen atoms in total. The summed E-state index contributed by atoms with van der Waals surface area (Å²) >= 11 is 0. The van der Waals surface area contributed by atoms with Gasteiger partial charge in [0.25, 0.3) is 0 Å². The van der Waals surface area contributed by atoms with Gasteiger partial charge in [-0.25, -0.2) is 0 Å². The van der Waals surface area contributed by atoms with Crippen molar-refractivity contribution in [2.24, 2.45) is 0 Å². The molecule has 326 valence electrons. The van der Waals surface area contributed by atoms with Gasteiger partial charge in [0.2, 0.25) is 0 Å². The predicted octanol–water partition coefficient (Wildman–Crippen LogP) is 14.7. The van der Waals surface area contributed by atoms with Crippen LogP contribution in [0.4, 0.5) is 0 Å². The number of nitrogens with zero attached hydrogens (tertiary/aromatic N) is 4. The molecule has 0 spiro atoms. The Morgan fingerprint density at radius 3 is 1.53 bits per heavy atom. The van der Waals surface area contributed by atoms with Crippen LogP contribution in [-0.2, 0) is 45.8 Å². The number of hydrogen-bond acceptors (Lipinski definition) is 4. The SMILES string of the molecule is [2H]C([2H])([2H])c1ccnc(-c2[c-]cc(-c3ccccc3-c3cc(CCc4c[c-]c(-c5ccccn5)cc4)cc(CCc4c[c-]c(-c5ccccn5)cc4)c3)c(-c3ccc(-c4ccc(C#N)cc4)cc3)c2)c1.[Ir+3]. The van der Waals surface area contributed by atoms with Gasteiger partial charge in [0.1, 0.15) is 0 Å². The van der Waals surface area contributed by atoms with Crippen LogP contribution in [0.2, 0.25) is 0 Å². The van der Waals surface area contributed by atoms with Gasteiger partial charge in [-0.2, -0.15) is 5.26 Å². The molecule has 3 heterocycles. The molecule has 0 radical (unpaired) electrons. The molecule has 0 aliphatic rings. The van der Waals surface area contributed by atoms with Crippen LogP contribution >= 0.6 is 0 Å². The molecule has 0 aliphatic carbocycles. The van der Waals surface area contributed by atoms with Gasteiger partial charge in [0, 0.05) is 22.7 Å². The maximum absolute atomic E-state index is 9.38. The van der Waals surface area contributed by atoms with Gasteiger partial charge < -0.3 is 15.0 Å². The Balaban J connectivity index is 0.00000624. The van der Waals surface area contributed by atoms with E-state index in [1.165, 1.54) is 22.3 Å². The van der Waals surface area contributed by atoms with Crippen LogP contribution in [0.1, 0.15) is 37.5 Å². The van der Waals surface area contributed by atoms with E-state index in [1.54, 1.807) is 18.3 Å². The first-order valence-corrected chi connectivity index (χ1v) is 22.4. The normalized spacial score (nSPS) is 11.7. The third-order valence-electron chi connectivity index (χ3n) is 12.2. The summed E-state index contributed by atoms with van der Waals surface area (Å²) in [6.07, 6.45) is 8.55. The Morgan fingerprint density at radius 2 is 0.971 bits per heavy atom. The largest absolute Gasteiger partial charge is 3.00 e. The van der Waals surface area contributed by atoms with E-state index < -0.39 is 6.85 Å². The summed E-state index contributed by atoms with van der Waals surface area (Å²) < 4.78 is 24.3. The fraction of sp³-hybridized carbons (Fsp3) is 0.0794. The van der Waals surface area contributed by atoms with E-state index in [4.69, 9.17) is 4.11 Å². The van der Waals surface area contributed by atoms with Crippen LogP contribution in [0, 0.1) is 36.4 Å². The van der Waals surface area contributed by atoms with Crippen LogP contribution in [0.15, 0.2) is 207 Å². The van der Waals surface area contributed by atoms with Crippen LogP contribution < -0.4 is 0 Å². The van der Waals surface area contributed by atoms with E-state index in [2.05, 4.69) is 148 Å². The topological polar surface area (TPSA) is 62.5 Å². The summed E-state index contributed by atoms with van der Waals surface area (Å²) in [6.45, 7) is -2.28. The van der Waals surface area contributed by atoms with E-state index in [-0.39, 0.29) is 25.7 Å². The Kier molecular flexibility index (Phi) is 12.9. The molecular weight excluding hydrogens is 1000 g/mol. The fourth-order valence-corrected chi connectivity index (χ4v) is 8.60. The van der Waals surface area contributed by atoms with Crippen LogP contribution in [-0.4, -0.2) is 15.0 Å². The zero-order valence-electron chi connectivity index (χ0n) is 40.1. The number of pyridine rings is 3. The number of rotatable bonds is 13. The van der Waals surface area contributed by atoms with Gasteiger partial charge in [-0.3, -0.25) is 0 Å². The van der Waals surface area contributed by atoms with Gasteiger partial charge in [0.05, 0.1) is 11.6 Å². The molecule has 0 unspecified atom stereocenters. The summed E-state index contributed by atoms with van der Waals surface area (Å²) in [5.41, 5.74) is 19.0. The molecule has 0 bridgehead atoms. The molecule has 10 rings (SSSR count). The average Bonchev–Trinajstić information content (AvgIpc) is 3.42. The molecule has 0 atom stereocenters. The summed E-state index contributed by atoms with van der Waals surface area (Å²) in [6, 6.07) is 76.1. The quantitative estimate of drug-likeness (QED) is 0.108. The Hall–Kier alpha value is -7.87. The Bertz CT molecular complexity index is 3340. The standard InChI is InChI=1S/C63H45N4.Ir/c1-44-34-37-67-63(38-44)55-32-33-59(60(42-55)52-30-28-51(29-31-52)50-22-20-47(43-64)21-23-50)58-9-3-2-8-57(58)56-40-48(14-12-45-16-24-53(25-17-45)61-10-4-6-35-65-61)39-49(41-56)15-13-46-18-26-54(27-19-46)62-11-5-7-36-66-62;/h2-11,16-24,26,28-31,33-42H,12-15H2,1H3;/q-3;+3/i1D3;. The Morgan fingerprint density at radius 1 is 0.426 bits per heavy atom. The Labute approximate surface area is 417 Å². The molecule has 0 aliphatic heterocycles. The number of aromatic nitrogens is 3. The predicted molar refractivity (Wildman–Crippen MR) is 272 cm³/mol. The maximum Gasteiger partial charge on any atom is 3.00 e. The van der Waals surface area contributed by atoms with E-state index in [0.717, 1.165) is 92.7 Å². The van der Waals surface area contributed by atoms with Crippen molar-refractivity contribution in [3.05, 3.63) is 258 Å². The van der Waals surface area contributed by atoms with Crippen molar-refractivity contribution in [2.45, 2.75) is 32.5 Å². The first-order valence-electron chi connectivity index (χ1n) is 23.9. The third-order valence-corrected chi connectivity index (χ3v) is 12.2. The van der Waals surface area contributed by atoms with Crippen molar-refractivity contribution in [3.8, 4) is 84.3 Å². The minimum Gasteiger partial charge on any atom is -0.305 e. The molecular formula is C63H45IrN4. The number of hydrogen-bond donors (Lipinski definition) is 0. The molecule has 0 saturated heterocycles. The van der Waals surface area contributed by atoms with Crippen molar-refractivity contribution in [1.29, 1.82) is 5.26 Å². The summed E-state index contributed by atoms with van der Waals surface area (Å²) in [5.74, 6) is 0. The third kappa shape index (κ3) is 10.5. The zero-order valence-corrected chi connectivity index (χ0v) is 39.5. The zero-order chi connectivity index (χ0) is 47.9. The molecule has 0 amide bonds. The first-order chi connectivity index (χ1) is 34.2. The smallest absolute Gasteiger partial charge is 0.305 e. The van der Waals surface area contributed by atoms with E-state index in [0.29, 0.717) is 16.8 Å². The summed E-state index contributed by atoms with van der Waals surface area (Å²) in [7, 11) is 0. The molecule has 0 saturated carbocycles. The molecule has 0 N–H and O–H groups in total. The molecule has 0 fully saturated rings. The molecule has 3 aromatic heterocycles. The van der Waals surface area contributed by atoms with Crippen molar-refractivity contribution >= 4 is 0 Å². The monoisotopic (exact) mass is 1050 g/mol. The second-order valence-corrected chi connectivity index (χ2v) is 16.6. The van der Waals surface area contributed by atoms with Gasteiger partial charge in [0.15, 0.2) is 0 Å². The maximum atomic E-state index is 9.38. The minimum absolute atomic E-state index is 0. The summed E-state index contributed by atoms with van der Waals surface area (Å²) in [5, 5.41) is 9.38. The van der Waals surface area contributed by atoms with Crippen molar-refractivity contribution in [3.63, 3.8) is 0 Å². The molecule has 68 heavy (non-hydrogen) atoms. The number of aryl methyl sites for hydroxylation is 5. The second kappa shape index (κ2) is 21.2. The second-order valence-electron chi connectivity index (χ2n) is 16.6. The average molecular weight is 1050 g/mol. The van der Waals surface area contributed by atoms with Crippen molar-refractivity contribution in [2.75, 3.05) is 0 Å². The molecule has 7 aromatic carbocycles. The van der Waals surface area contributed by atoms with E-state index in [9.17, 15) is 5.26 Å². The minimum atomic E-state index is -2.28. The van der Waals surface area contributed by atoms with Crippen LogP contribution in [0.5, 0.6) is 0 Å². The van der Waals surface area contributed by atoms with Gasteiger partial charge in [-0.15, -0.1) is 94.5 Å². The van der Waals surface area contributed by atoms with Gasteiger partial charge >= 0.3 is 20.1 Å². The fourth-order valence-electron chi connectivity index (χ4n) is 8.60. The molecule has 10 aromatic rings. The van der Waals surface area contributed by atoms with Crippen LogP contribution in [0.25, 0.3) is 78.3 Å². The van der Waals surface area contributed by atoms with Gasteiger partial charge in [-0.05, 0) is 106 Å². The number of nitriles is 1. The van der Waals surface area contributed by atoms with Crippen LogP contribution in [0.3, 0.4) is 0 Å². The van der Waals surface area contributed by atoms with E-state index in [1.807, 2.05) is 79.1 Å². The molecule has 5 heteroatoms. The first kappa shape index (κ1) is 41.6. The van der Waals surface area contributed by atoms with Gasteiger partial charge in [-0.1, -0.05) is 144 Å².